The molecule has 1 aromatic heterocycles. The number of alkyl halides is 3. The third-order valence-electron chi connectivity index (χ3n) is 1.70. The Morgan fingerprint density at radius 1 is 1.56 bits per heavy atom. The van der Waals surface area contributed by atoms with E-state index in [1.807, 2.05) is 0 Å². The standard InChI is InChI=1S/C9H8F3N3S/c1-6-2-3-14-8(15-6)16-5-7(4-13)9(10,11)12/h2-3,7H,5H2,1H3. The Labute approximate surface area is 94.7 Å². The normalized spacial score (nSPS) is 13.2. The van der Waals surface area contributed by atoms with E-state index in [2.05, 4.69) is 9.97 Å². The summed E-state index contributed by atoms with van der Waals surface area (Å²) >= 11 is 0.829. The number of rotatable bonds is 3. The van der Waals surface area contributed by atoms with Gasteiger partial charge in [-0.15, -0.1) is 0 Å². The van der Waals surface area contributed by atoms with Gasteiger partial charge >= 0.3 is 6.18 Å². The zero-order valence-corrected chi connectivity index (χ0v) is 9.14. The van der Waals surface area contributed by atoms with Crippen LogP contribution in [0.4, 0.5) is 13.2 Å². The van der Waals surface area contributed by atoms with Crippen molar-refractivity contribution in [2.24, 2.45) is 5.92 Å². The van der Waals surface area contributed by atoms with Gasteiger partial charge in [-0.1, -0.05) is 11.8 Å². The molecule has 7 heteroatoms. The highest BCUT2D eigenvalue weighted by molar-refractivity contribution is 7.99. The van der Waals surface area contributed by atoms with Crippen LogP contribution in [-0.2, 0) is 0 Å². The Hall–Kier alpha value is -1.29. The lowest BCUT2D eigenvalue weighted by atomic mass is 10.2. The number of aromatic nitrogens is 2. The summed E-state index contributed by atoms with van der Waals surface area (Å²) in [5, 5.41) is 8.62. The van der Waals surface area contributed by atoms with Gasteiger partial charge in [0.05, 0.1) is 6.07 Å². The first-order chi connectivity index (χ1) is 7.43. The third-order valence-corrected chi connectivity index (χ3v) is 2.66. The molecule has 0 bridgehead atoms. The van der Waals surface area contributed by atoms with Crippen LogP contribution in [0.5, 0.6) is 0 Å². The first-order valence-electron chi connectivity index (χ1n) is 4.32. The molecule has 0 aromatic carbocycles. The highest BCUT2D eigenvalue weighted by atomic mass is 32.2. The van der Waals surface area contributed by atoms with Crippen LogP contribution >= 0.6 is 11.8 Å². The molecule has 0 N–H and O–H groups in total. The fourth-order valence-corrected chi connectivity index (χ4v) is 1.78. The Morgan fingerprint density at radius 2 is 2.25 bits per heavy atom. The SMILES string of the molecule is Cc1ccnc(SCC(C#N)C(F)(F)F)n1. The summed E-state index contributed by atoms with van der Waals surface area (Å²) in [6.07, 6.45) is -3.02. The van der Waals surface area contributed by atoms with E-state index in [4.69, 9.17) is 5.26 Å². The molecule has 0 fully saturated rings. The van der Waals surface area contributed by atoms with Crippen molar-refractivity contribution in [2.75, 3.05) is 5.75 Å². The molecule has 1 rings (SSSR count). The molecular formula is C9H8F3N3S. The smallest absolute Gasteiger partial charge is 0.231 e. The topological polar surface area (TPSA) is 49.6 Å². The molecule has 1 atom stereocenters. The summed E-state index contributed by atoms with van der Waals surface area (Å²) in [5.74, 6) is -2.37. The molecule has 0 aliphatic carbocycles. The number of aryl methyl sites for hydroxylation is 1. The molecule has 86 valence electrons. The number of halogens is 3. The van der Waals surface area contributed by atoms with Crippen LogP contribution in [-0.4, -0.2) is 21.9 Å². The molecule has 0 amide bonds. The quantitative estimate of drug-likeness (QED) is 0.608. The molecule has 0 radical (unpaired) electrons. The minimum atomic E-state index is -4.49. The Kier molecular flexibility index (Phi) is 4.12. The molecule has 1 unspecified atom stereocenters. The first-order valence-corrected chi connectivity index (χ1v) is 5.31. The molecular weight excluding hydrogens is 239 g/mol. The maximum Gasteiger partial charge on any atom is 0.405 e. The average Bonchev–Trinajstić information content (AvgIpc) is 2.16. The second kappa shape index (κ2) is 5.16. The molecule has 0 aliphatic heterocycles. The summed E-state index contributed by atoms with van der Waals surface area (Å²) in [4.78, 5) is 7.74. The van der Waals surface area contributed by atoms with E-state index in [0.717, 1.165) is 11.8 Å². The van der Waals surface area contributed by atoms with Gasteiger partial charge in [0.15, 0.2) is 11.1 Å². The van der Waals surface area contributed by atoms with Gasteiger partial charge in [-0.2, -0.15) is 18.4 Å². The van der Waals surface area contributed by atoms with Crippen molar-refractivity contribution in [3.05, 3.63) is 18.0 Å². The predicted octanol–water partition coefficient (Wildman–Crippen LogP) is 2.58. The van der Waals surface area contributed by atoms with Gasteiger partial charge in [0.1, 0.15) is 0 Å². The van der Waals surface area contributed by atoms with Crippen molar-refractivity contribution in [2.45, 2.75) is 18.3 Å². The second-order valence-electron chi connectivity index (χ2n) is 3.01. The third kappa shape index (κ3) is 3.70. The summed E-state index contributed by atoms with van der Waals surface area (Å²) in [5.41, 5.74) is 0.679. The molecule has 0 spiro atoms. The van der Waals surface area contributed by atoms with Gasteiger partial charge in [-0.25, -0.2) is 9.97 Å². The highest BCUT2D eigenvalue weighted by Crippen LogP contribution is 2.30. The molecule has 0 aliphatic rings. The molecule has 16 heavy (non-hydrogen) atoms. The van der Waals surface area contributed by atoms with Crippen molar-refractivity contribution >= 4 is 11.8 Å². The maximum atomic E-state index is 12.2. The van der Waals surface area contributed by atoms with Crippen LogP contribution in [0.1, 0.15) is 5.69 Å². The van der Waals surface area contributed by atoms with E-state index in [-0.39, 0.29) is 10.9 Å². The van der Waals surface area contributed by atoms with Crippen LogP contribution in [0.3, 0.4) is 0 Å². The molecule has 1 heterocycles. The van der Waals surface area contributed by atoms with Crippen LogP contribution < -0.4 is 0 Å². The van der Waals surface area contributed by atoms with Crippen molar-refractivity contribution in [1.29, 1.82) is 5.26 Å². The fourth-order valence-electron chi connectivity index (χ4n) is 0.858. The summed E-state index contributed by atoms with van der Waals surface area (Å²) in [6, 6.07) is 2.87. The Balaban J connectivity index is 2.61. The predicted molar refractivity (Wildman–Crippen MR) is 52.7 cm³/mol. The average molecular weight is 247 g/mol. The molecule has 0 saturated heterocycles. The van der Waals surface area contributed by atoms with E-state index in [9.17, 15) is 13.2 Å². The maximum absolute atomic E-state index is 12.2. The van der Waals surface area contributed by atoms with E-state index < -0.39 is 12.1 Å². The van der Waals surface area contributed by atoms with Gasteiger partial charge in [0, 0.05) is 17.6 Å². The van der Waals surface area contributed by atoms with Gasteiger partial charge in [-0.05, 0) is 13.0 Å². The monoisotopic (exact) mass is 247 g/mol. The molecule has 0 saturated carbocycles. The van der Waals surface area contributed by atoms with E-state index >= 15 is 0 Å². The number of thioether (sulfide) groups is 1. The van der Waals surface area contributed by atoms with Crippen LogP contribution in [0.15, 0.2) is 17.4 Å². The minimum absolute atomic E-state index is 0.254. The van der Waals surface area contributed by atoms with E-state index in [1.54, 1.807) is 13.0 Å². The molecule has 3 nitrogen and oxygen atoms in total. The number of hydrogen-bond acceptors (Lipinski definition) is 4. The zero-order valence-electron chi connectivity index (χ0n) is 8.32. The molecule has 1 aromatic rings. The van der Waals surface area contributed by atoms with Gasteiger partial charge < -0.3 is 0 Å². The van der Waals surface area contributed by atoms with Crippen molar-refractivity contribution in [3.63, 3.8) is 0 Å². The lowest BCUT2D eigenvalue weighted by Gasteiger charge is -2.11. The number of nitrogens with zero attached hydrogens (tertiary/aromatic N) is 3. The summed E-state index contributed by atoms with van der Waals surface area (Å²) in [7, 11) is 0. The van der Waals surface area contributed by atoms with Crippen LogP contribution in [0.2, 0.25) is 0 Å². The first kappa shape index (κ1) is 12.8. The van der Waals surface area contributed by atoms with Crippen molar-refractivity contribution in [1.82, 2.24) is 9.97 Å². The van der Waals surface area contributed by atoms with Crippen LogP contribution in [0.25, 0.3) is 0 Å². The van der Waals surface area contributed by atoms with E-state index in [1.165, 1.54) is 12.3 Å². The Morgan fingerprint density at radius 3 is 2.75 bits per heavy atom. The van der Waals surface area contributed by atoms with Crippen molar-refractivity contribution in [3.8, 4) is 6.07 Å². The Bertz CT molecular complexity index is 400. The largest absolute Gasteiger partial charge is 0.405 e. The highest BCUT2D eigenvalue weighted by Gasteiger charge is 2.39. The number of nitriles is 1. The second-order valence-corrected chi connectivity index (χ2v) is 4.00. The minimum Gasteiger partial charge on any atom is -0.231 e. The van der Waals surface area contributed by atoms with E-state index in [0.29, 0.717) is 5.69 Å². The fraction of sp³-hybridized carbons (Fsp3) is 0.444. The lowest BCUT2D eigenvalue weighted by Crippen LogP contribution is -2.23. The van der Waals surface area contributed by atoms with Crippen molar-refractivity contribution < 1.29 is 13.2 Å². The van der Waals surface area contributed by atoms with Gasteiger partial charge in [0.2, 0.25) is 0 Å². The van der Waals surface area contributed by atoms with Gasteiger partial charge in [-0.3, -0.25) is 0 Å². The number of hydrogen-bond donors (Lipinski definition) is 0. The van der Waals surface area contributed by atoms with Crippen LogP contribution in [0, 0.1) is 24.2 Å². The summed E-state index contributed by atoms with van der Waals surface area (Å²) < 4.78 is 36.7. The lowest BCUT2D eigenvalue weighted by molar-refractivity contribution is -0.152. The van der Waals surface area contributed by atoms with Gasteiger partial charge in [0.25, 0.3) is 0 Å². The summed E-state index contributed by atoms with van der Waals surface area (Å²) in [6.45, 7) is 1.72. The zero-order chi connectivity index (χ0) is 12.2.